The third-order valence-corrected chi connectivity index (χ3v) is 3.92. The third kappa shape index (κ3) is 3.46. The van der Waals surface area contributed by atoms with Crippen LogP contribution in [0.25, 0.3) is 0 Å². The number of hydrogen-bond acceptors (Lipinski definition) is 1. The van der Waals surface area contributed by atoms with Gasteiger partial charge in [-0.05, 0) is 31.0 Å². The van der Waals surface area contributed by atoms with Crippen LogP contribution in [0.4, 0.5) is 0 Å². The van der Waals surface area contributed by atoms with Crippen LogP contribution in [0.3, 0.4) is 0 Å². The molecule has 0 aromatic heterocycles. The van der Waals surface area contributed by atoms with Gasteiger partial charge in [-0.2, -0.15) is 0 Å². The second-order valence-corrected chi connectivity index (χ2v) is 5.76. The third-order valence-electron chi connectivity index (χ3n) is 3.12. The molecule has 0 saturated heterocycles. The lowest BCUT2D eigenvalue weighted by atomic mass is 9.95. The van der Waals surface area contributed by atoms with Crippen LogP contribution in [-0.2, 0) is 0 Å². The first-order valence-electron chi connectivity index (χ1n) is 5.93. The summed E-state index contributed by atoms with van der Waals surface area (Å²) in [4.78, 5) is 12.0. The maximum atomic E-state index is 12.0. The molecule has 17 heavy (non-hydrogen) atoms. The summed E-state index contributed by atoms with van der Waals surface area (Å²) in [5.41, 5.74) is 0.556. The van der Waals surface area contributed by atoms with Gasteiger partial charge in [0.1, 0.15) is 0 Å². The molecule has 2 rings (SSSR count). The van der Waals surface area contributed by atoms with Gasteiger partial charge in [-0.15, -0.1) is 0 Å². The highest BCUT2D eigenvalue weighted by molar-refractivity contribution is 9.10. The molecular weight excluding hydrogens is 302 g/mol. The molecule has 1 aromatic carbocycles. The normalized spacial score (nSPS) is 16.8. The van der Waals surface area contributed by atoms with E-state index in [4.69, 9.17) is 11.6 Å². The SMILES string of the molecule is O=C(NC1CCCCC1)c1ccc(Br)cc1Cl. The summed E-state index contributed by atoms with van der Waals surface area (Å²) in [5.74, 6) is -0.0607. The Morgan fingerprint density at radius 1 is 1.29 bits per heavy atom. The summed E-state index contributed by atoms with van der Waals surface area (Å²) >= 11 is 9.38. The van der Waals surface area contributed by atoms with E-state index in [2.05, 4.69) is 21.2 Å². The van der Waals surface area contributed by atoms with Gasteiger partial charge in [-0.1, -0.05) is 46.8 Å². The molecule has 1 saturated carbocycles. The second-order valence-electron chi connectivity index (χ2n) is 4.43. The van der Waals surface area contributed by atoms with Gasteiger partial charge in [-0.25, -0.2) is 0 Å². The topological polar surface area (TPSA) is 29.1 Å². The standard InChI is InChI=1S/C13H15BrClNO/c14-9-6-7-11(12(15)8-9)13(17)16-10-4-2-1-3-5-10/h6-8,10H,1-5H2,(H,16,17). The van der Waals surface area contributed by atoms with Gasteiger partial charge < -0.3 is 5.32 Å². The van der Waals surface area contributed by atoms with Crippen molar-refractivity contribution in [2.45, 2.75) is 38.1 Å². The first-order valence-corrected chi connectivity index (χ1v) is 7.10. The van der Waals surface area contributed by atoms with E-state index in [0.717, 1.165) is 17.3 Å². The number of halogens is 2. The lowest BCUT2D eigenvalue weighted by molar-refractivity contribution is 0.0928. The minimum Gasteiger partial charge on any atom is -0.349 e. The zero-order chi connectivity index (χ0) is 12.3. The Morgan fingerprint density at radius 2 is 2.00 bits per heavy atom. The van der Waals surface area contributed by atoms with Crippen LogP contribution < -0.4 is 5.32 Å². The molecule has 0 atom stereocenters. The van der Waals surface area contributed by atoms with Crippen molar-refractivity contribution in [3.05, 3.63) is 33.3 Å². The molecule has 92 valence electrons. The number of benzene rings is 1. The van der Waals surface area contributed by atoms with E-state index in [-0.39, 0.29) is 5.91 Å². The van der Waals surface area contributed by atoms with Gasteiger partial charge in [0.25, 0.3) is 5.91 Å². The molecule has 2 nitrogen and oxygen atoms in total. The number of nitrogens with one attached hydrogen (secondary N) is 1. The summed E-state index contributed by atoms with van der Waals surface area (Å²) < 4.78 is 0.886. The number of hydrogen-bond donors (Lipinski definition) is 1. The van der Waals surface area contributed by atoms with E-state index in [0.29, 0.717) is 16.6 Å². The number of amides is 1. The molecular formula is C13H15BrClNO. The Balaban J connectivity index is 2.03. The van der Waals surface area contributed by atoms with Gasteiger partial charge >= 0.3 is 0 Å². The van der Waals surface area contributed by atoms with E-state index in [1.54, 1.807) is 12.1 Å². The Hall–Kier alpha value is -0.540. The zero-order valence-corrected chi connectivity index (χ0v) is 11.9. The summed E-state index contributed by atoms with van der Waals surface area (Å²) in [6, 6.07) is 5.65. The molecule has 0 radical (unpaired) electrons. The molecule has 4 heteroatoms. The fourth-order valence-corrected chi connectivity index (χ4v) is 2.94. The minimum absolute atomic E-state index is 0.0607. The summed E-state index contributed by atoms with van der Waals surface area (Å²) in [7, 11) is 0. The Morgan fingerprint density at radius 3 is 2.65 bits per heavy atom. The molecule has 1 aliphatic carbocycles. The molecule has 0 unspecified atom stereocenters. The molecule has 1 aromatic rings. The Labute approximate surface area is 115 Å². The average molecular weight is 317 g/mol. The largest absolute Gasteiger partial charge is 0.349 e. The van der Waals surface area contributed by atoms with E-state index < -0.39 is 0 Å². The van der Waals surface area contributed by atoms with Crippen molar-refractivity contribution < 1.29 is 4.79 Å². The quantitative estimate of drug-likeness (QED) is 0.872. The van der Waals surface area contributed by atoms with Gasteiger partial charge in [-0.3, -0.25) is 4.79 Å². The van der Waals surface area contributed by atoms with Crippen molar-refractivity contribution >= 4 is 33.4 Å². The fourth-order valence-electron chi connectivity index (χ4n) is 2.18. The molecule has 0 heterocycles. The van der Waals surface area contributed by atoms with E-state index in [1.165, 1.54) is 19.3 Å². The van der Waals surface area contributed by atoms with Crippen molar-refractivity contribution in [1.82, 2.24) is 5.32 Å². The Kier molecular flexibility index (Phi) is 4.46. The summed E-state index contributed by atoms with van der Waals surface area (Å²) in [5, 5.41) is 3.55. The van der Waals surface area contributed by atoms with Crippen LogP contribution in [0.5, 0.6) is 0 Å². The molecule has 0 bridgehead atoms. The van der Waals surface area contributed by atoms with Gasteiger partial charge in [0.15, 0.2) is 0 Å². The van der Waals surface area contributed by atoms with Crippen LogP contribution in [0, 0.1) is 0 Å². The van der Waals surface area contributed by atoms with Gasteiger partial charge in [0.2, 0.25) is 0 Å². The van der Waals surface area contributed by atoms with Crippen molar-refractivity contribution in [2.24, 2.45) is 0 Å². The molecule has 0 aliphatic heterocycles. The first kappa shape index (κ1) is 12.9. The Bertz CT molecular complexity index is 416. The number of rotatable bonds is 2. The van der Waals surface area contributed by atoms with E-state index in [9.17, 15) is 4.79 Å². The molecule has 1 amide bonds. The van der Waals surface area contributed by atoms with Crippen molar-refractivity contribution in [2.75, 3.05) is 0 Å². The maximum Gasteiger partial charge on any atom is 0.253 e. The summed E-state index contributed by atoms with van der Waals surface area (Å²) in [6.07, 6.45) is 5.86. The van der Waals surface area contributed by atoms with E-state index >= 15 is 0 Å². The van der Waals surface area contributed by atoms with Crippen molar-refractivity contribution in [1.29, 1.82) is 0 Å². The smallest absolute Gasteiger partial charge is 0.253 e. The second kappa shape index (κ2) is 5.87. The average Bonchev–Trinajstić information content (AvgIpc) is 2.30. The minimum atomic E-state index is -0.0607. The van der Waals surface area contributed by atoms with Gasteiger partial charge in [0.05, 0.1) is 10.6 Å². The predicted molar refractivity (Wildman–Crippen MR) is 73.5 cm³/mol. The van der Waals surface area contributed by atoms with Crippen LogP contribution >= 0.6 is 27.5 Å². The molecule has 0 spiro atoms. The number of carbonyl (C=O) groups excluding carboxylic acids is 1. The first-order chi connectivity index (χ1) is 8.16. The monoisotopic (exact) mass is 315 g/mol. The van der Waals surface area contributed by atoms with Crippen molar-refractivity contribution in [3.8, 4) is 0 Å². The highest BCUT2D eigenvalue weighted by atomic mass is 79.9. The lowest BCUT2D eigenvalue weighted by Gasteiger charge is -2.22. The fraction of sp³-hybridized carbons (Fsp3) is 0.462. The van der Waals surface area contributed by atoms with Gasteiger partial charge in [0, 0.05) is 10.5 Å². The molecule has 1 aliphatic rings. The lowest BCUT2D eigenvalue weighted by Crippen LogP contribution is -2.36. The van der Waals surface area contributed by atoms with Crippen molar-refractivity contribution in [3.63, 3.8) is 0 Å². The van der Waals surface area contributed by atoms with E-state index in [1.807, 2.05) is 6.07 Å². The maximum absolute atomic E-state index is 12.0. The molecule has 1 fully saturated rings. The van der Waals surface area contributed by atoms with Crippen LogP contribution in [0.15, 0.2) is 22.7 Å². The molecule has 1 N–H and O–H groups in total. The number of carbonyl (C=O) groups is 1. The highest BCUT2D eigenvalue weighted by Crippen LogP contribution is 2.22. The van der Waals surface area contributed by atoms with Crippen LogP contribution in [0.2, 0.25) is 5.02 Å². The predicted octanol–water partition coefficient (Wildman–Crippen LogP) is 4.17. The van der Waals surface area contributed by atoms with Crippen LogP contribution in [-0.4, -0.2) is 11.9 Å². The zero-order valence-electron chi connectivity index (χ0n) is 9.51. The van der Waals surface area contributed by atoms with Crippen LogP contribution in [0.1, 0.15) is 42.5 Å². The highest BCUT2D eigenvalue weighted by Gasteiger charge is 2.18. The summed E-state index contributed by atoms with van der Waals surface area (Å²) in [6.45, 7) is 0.